The van der Waals surface area contributed by atoms with Crippen molar-refractivity contribution in [2.45, 2.75) is 153 Å². The highest BCUT2D eigenvalue weighted by atomic mass is 16.6. The molecule has 66 heavy (non-hydrogen) atoms. The van der Waals surface area contributed by atoms with E-state index in [1.165, 1.54) is 39.8 Å². The average molecular weight is 921 g/mol. The smallest absolute Gasteiger partial charge is 0.408 e. The number of ketones is 1. The number of aliphatic hydroxyl groups excluding tert-OH is 2. The topological polar surface area (TPSA) is 257 Å². The van der Waals surface area contributed by atoms with Crippen LogP contribution in [0.25, 0.3) is 0 Å². The number of hydrogen-bond acceptors (Lipinski definition) is 16. The summed E-state index contributed by atoms with van der Waals surface area (Å²) in [6.07, 6.45) is -10.0. The molecule has 6 rings (SSSR count). The van der Waals surface area contributed by atoms with Crippen molar-refractivity contribution in [3.05, 3.63) is 82.9 Å². The van der Waals surface area contributed by atoms with Crippen LogP contribution in [0.3, 0.4) is 0 Å². The lowest BCUT2D eigenvalue weighted by Crippen LogP contribution is -2.82. The molecule has 6 N–H and O–H groups in total. The Kier molecular flexibility index (Phi) is 14.6. The summed E-state index contributed by atoms with van der Waals surface area (Å²) >= 11 is 0. The predicted molar refractivity (Wildman–Crippen MR) is 235 cm³/mol. The number of aliphatic hydroxyl groups is 3. The molecule has 2 aromatic carbocycles. The van der Waals surface area contributed by atoms with Gasteiger partial charge in [0.25, 0.3) is 0 Å². The van der Waals surface area contributed by atoms with Crippen molar-refractivity contribution >= 4 is 35.8 Å². The van der Waals surface area contributed by atoms with Gasteiger partial charge in [0.2, 0.25) is 6.10 Å². The molecule has 2 aromatic rings. The van der Waals surface area contributed by atoms with Gasteiger partial charge in [-0.1, -0.05) is 75.7 Å². The standard InChI is InChI=1S/C49H64N2O15/c1-27-31(62-43(58)38(63-34(54)22-16-11-17-23-50)36(29-18-12-9-13-19-29)51-44(59)66-45(3,4)5)25-49(60)41(64-42(57)30-20-14-10-15-21-30)39-47(8,40(56)37(55)35(27)46(49,6)7)32(53)24-33-48(39,26-61-33)65-28(2)52/h9-10,12-15,18-21,31-33,36,38-41,53,56,60H,11,16-17,22-26,50H2,1-8H3,(H,51,59)/t31-,32-,33+,36-,38+,39-,40?,41-,47+,48-,49+/m0/s1. The van der Waals surface area contributed by atoms with E-state index in [2.05, 4.69) is 5.32 Å². The van der Waals surface area contributed by atoms with E-state index < -0.39 is 118 Å². The van der Waals surface area contributed by atoms with E-state index in [1.807, 2.05) is 0 Å². The van der Waals surface area contributed by atoms with Gasteiger partial charge in [-0.3, -0.25) is 14.4 Å². The van der Waals surface area contributed by atoms with E-state index in [1.54, 1.807) is 69.3 Å². The Balaban J connectivity index is 1.51. The Morgan fingerprint density at radius 3 is 2.15 bits per heavy atom. The van der Waals surface area contributed by atoms with Gasteiger partial charge in [0.05, 0.1) is 24.2 Å². The van der Waals surface area contributed by atoms with Crippen LogP contribution in [0, 0.1) is 16.7 Å². The Bertz CT molecular complexity index is 2190. The fourth-order valence-corrected chi connectivity index (χ4v) is 10.4. The molecule has 1 amide bonds. The average Bonchev–Trinajstić information content (AvgIpc) is 3.24. The van der Waals surface area contributed by atoms with Crippen LogP contribution < -0.4 is 11.1 Å². The second-order valence-electron chi connectivity index (χ2n) is 19.7. The van der Waals surface area contributed by atoms with Gasteiger partial charge in [0.15, 0.2) is 11.4 Å². The minimum absolute atomic E-state index is 0.0708. The molecule has 1 heterocycles. The number of unbranched alkanes of at least 4 members (excludes halogenated alkanes) is 2. The lowest BCUT2D eigenvalue weighted by atomic mass is 9.44. The zero-order valence-corrected chi connectivity index (χ0v) is 38.9. The fraction of sp³-hybridized carbons (Fsp3) is 0.592. The Morgan fingerprint density at radius 2 is 1.58 bits per heavy atom. The first kappa shape index (κ1) is 50.2. The molecule has 3 fully saturated rings. The van der Waals surface area contributed by atoms with Gasteiger partial charge >= 0.3 is 30.0 Å². The Hall–Kier alpha value is -5.20. The van der Waals surface area contributed by atoms with Crippen LogP contribution in [0.2, 0.25) is 0 Å². The van der Waals surface area contributed by atoms with Crippen molar-refractivity contribution in [2.75, 3.05) is 13.2 Å². The molecule has 1 aliphatic heterocycles. The molecule has 0 spiro atoms. The van der Waals surface area contributed by atoms with Gasteiger partial charge in [-0.25, -0.2) is 14.4 Å². The van der Waals surface area contributed by atoms with Crippen molar-refractivity contribution < 1.29 is 72.5 Å². The number of ether oxygens (including phenoxy) is 6. The maximum absolute atomic E-state index is 15.1. The van der Waals surface area contributed by atoms with E-state index in [-0.39, 0.29) is 36.2 Å². The second kappa shape index (κ2) is 19.2. The zero-order chi connectivity index (χ0) is 48.6. The number of Topliss-reactive ketones (excluding diaryl/α,β-unsaturated/α-hetero) is 1. The molecular formula is C49H64N2O15. The largest absolute Gasteiger partial charge is 0.455 e. The summed E-state index contributed by atoms with van der Waals surface area (Å²) in [6, 6.07) is 14.7. The third-order valence-electron chi connectivity index (χ3n) is 13.9. The summed E-state index contributed by atoms with van der Waals surface area (Å²) < 4.78 is 36.1. The molecular weight excluding hydrogens is 857 g/mol. The number of hydrogen-bond donors (Lipinski definition) is 5. The zero-order valence-electron chi connectivity index (χ0n) is 38.9. The van der Waals surface area contributed by atoms with Gasteiger partial charge < -0.3 is 54.8 Å². The minimum atomic E-state index is -2.42. The number of fused-ring (bicyclic) bond motifs is 5. The molecule has 1 unspecified atom stereocenters. The first-order valence-electron chi connectivity index (χ1n) is 22.5. The normalized spacial score (nSPS) is 30.9. The number of esters is 4. The number of rotatable bonds is 14. The van der Waals surface area contributed by atoms with Gasteiger partial charge in [-0.15, -0.1) is 0 Å². The molecule has 17 heteroatoms. The first-order chi connectivity index (χ1) is 30.9. The van der Waals surface area contributed by atoms with Crippen LogP contribution in [0.5, 0.6) is 0 Å². The maximum Gasteiger partial charge on any atom is 0.408 e. The van der Waals surface area contributed by atoms with Crippen LogP contribution >= 0.6 is 0 Å². The summed E-state index contributed by atoms with van der Waals surface area (Å²) in [5.74, 6) is -6.13. The summed E-state index contributed by atoms with van der Waals surface area (Å²) in [7, 11) is 0. The molecule has 1 saturated heterocycles. The summed E-state index contributed by atoms with van der Waals surface area (Å²) in [6.45, 7) is 12.2. The number of nitrogens with two attached hydrogens (primary N) is 1. The highest BCUT2D eigenvalue weighted by Crippen LogP contribution is 2.64. The Morgan fingerprint density at radius 1 is 0.939 bits per heavy atom. The number of carbonyl (C=O) groups is 6. The molecule has 2 saturated carbocycles. The van der Waals surface area contributed by atoms with Crippen molar-refractivity contribution in [3.63, 3.8) is 0 Å². The minimum Gasteiger partial charge on any atom is -0.455 e. The Labute approximate surface area is 384 Å². The van der Waals surface area contributed by atoms with E-state index in [9.17, 15) is 39.3 Å². The maximum atomic E-state index is 15.1. The second-order valence-corrected chi connectivity index (χ2v) is 19.7. The monoisotopic (exact) mass is 920 g/mol. The molecule has 360 valence electrons. The van der Waals surface area contributed by atoms with Gasteiger partial charge in [-0.05, 0) is 70.4 Å². The van der Waals surface area contributed by atoms with Crippen LogP contribution in [0.4, 0.5) is 4.79 Å². The third-order valence-corrected chi connectivity index (χ3v) is 13.9. The van der Waals surface area contributed by atoms with Gasteiger partial charge in [-0.2, -0.15) is 0 Å². The van der Waals surface area contributed by atoms with E-state index in [0.717, 1.165) is 6.92 Å². The highest BCUT2D eigenvalue weighted by Gasteiger charge is 2.78. The number of amides is 1. The lowest BCUT2D eigenvalue weighted by Gasteiger charge is -2.68. The fourth-order valence-electron chi connectivity index (χ4n) is 10.4. The van der Waals surface area contributed by atoms with Crippen molar-refractivity contribution in [1.82, 2.24) is 5.32 Å². The third kappa shape index (κ3) is 9.37. The summed E-state index contributed by atoms with van der Waals surface area (Å²) in [4.78, 5) is 84.3. The van der Waals surface area contributed by atoms with E-state index in [4.69, 9.17) is 34.2 Å². The molecule has 4 aliphatic rings. The number of alkyl carbamates (subject to hydrolysis) is 1. The van der Waals surface area contributed by atoms with Crippen LogP contribution in [-0.4, -0.2) is 118 Å². The van der Waals surface area contributed by atoms with Crippen LogP contribution in [-0.2, 0) is 47.6 Å². The molecule has 11 atom stereocenters. The molecule has 2 bridgehead atoms. The lowest BCUT2D eigenvalue weighted by molar-refractivity contribution is -0.357. The highest BCUT2D eigenvalue weighted by molar-refractivity contribution is 6.02. The first-order valence-corrected chi connectivity index (χ1v) is 22.5. The van der Waals surface area contributed by atoms with Crippen molar-refractivity contribution in [1.29, 1.82) is 0 Å². The van der Waals surface area contributed by atoms with Crippen molar-refractivity contribution in [2.24, 2.45) is 22.5 Å². The van der Waals surface area contributed by atoms with Gasteiger partial charge in [0.1, 0.15) is 41.7 Å². The van der Waals surface area contributed by atoms with Crippen molar-refractivity contribution in [3.8, 4) is 0 Å². The molecule has 17 nitrogen and oxygen atoms in total. The summed E-state index contributed by atoms with van der Waals surface area (Å²) in [5, 5.41) is 40.8. The quantitative estimate of drug-likeness (QED) is 0.100. The molecule has 3 aliphatic carbocycles. The summed E-state index contributed by atoms with van der Waals surface area (Å²) in [5.41, 5.74) is -2.83. The molecule has 0 radical (unpaired) electrons. The van der Waals surface area contributed by atoms with Crippen LogP contribution in [0.15, 0.2) is 71.8 Å². The van der Waals surface area contributed by atoms with E-state index >= 15 is 4.79 Å². The SMILES string of the molecule is CC(=O)O[C@@]12CO[C@@H]1C[C@H](O)[C@@]1(C)C(O)C(=O)C3=C(C)[C@@H](OC(=O)[C@H](OC(=O)CCCCCN)[C@@H](NC(=O)OC(C)(C)C)c4ccccc4)C[C@@](O)([C@@H](OC(=O)c4ccccc4)[C@H]21)C3(C)C. The predicted octanol–water partition coefficient (Wildman–Crippen LogP) is 4.33. The number of carbonyl (C=O) groups excluding carboxylic acids is 6. The number of benzene rings is 2. The van der Waals surface area contributed by atoms with Gasteiger partial charge in [0, 0.05) is 42.6 Å². The number of nitrogens with one attached hydrogen (secondary N) is 1. The van der Waals surface area contributed by atoms with Crippen LogP contribution in [0.1, 0.15) is 116 Å². The van der Waals surface area contributed by atoms with E-state index in [0.29, 0.717) is 31.4 Å². The molecule has 0 aromatic heterocycles.